The van der Waals surface area contributed by atoms with Gasteiger partial charge in [0.15, 0.2) is 0 Å². The van der Waals surface area contributed by atoms with Gasteiger partial charge in [0, 0.05) is 7.47 Å². The lowest BCUT2D eigenvalue weighted by molar-refractivity contribution is -0.107. The molecule has 1 aromatic carbocycles. The van der Waals surface area contributed by atoms with Gasteiger partial charge in [-0.1, -0.05) is 51.1 Å². The van der Waals surface area contributed by atoms with Crippen LogP contribution in [0.5, 0.6) is 0 Å². The standard InChI is InChI=1S/C8H10.C5H11NO.H2/c1-2-8-6-4-3-5-7-8;1-5(2)6-3-4-7;/h3-7H,2H2,1H3;4-6H,3H2,1-2H3;1H. The second kappa shape index (κ2) is 9.41. The van der Waals surface area contributed by atoms with Crippen molar-refractivity contribution >= 4 is 6.29 Å². The van der Waals surface area contributed by atoms with Gasteiger partial charge in [-0.15, -0.1) is 0 Å². The first kappa shape index (κ1) is 13.8. The summed E-state index contributed by atoms with van der Waals surface area (Å²) in [4.78, 5) is 9.65. The minimum atomic E-state index is 0. The largest absolute Gasteiger partial charge is 0.308 e. The maximum Gasteiger partial charge on any atom is 0.133 e. The van der Waals surface area contributed by atoms with Crippen molar-refractivity contribution in [2.45, 2.75) is 33.2 Å². The average molecular weight is 209 g/mol. The average Bonchev–Trinajstić information content (AvgIpc) is 2.28. The van der Waals surface area contributed by atoms with Gasteiger partial charge in [-0.25, -0.2) is 0 Å². The topological polar surface area (TPSA) is 29.1 Å². The van der Waals surface area contributed by atoms with Crippen molar-refractivity contribution in [3.63, 3.8) is 0 Å². The summed E-state index contributed by atoms with van der Waals surface area (Å²) in [5.41, 5.74) is 1.41. The Hall–Kier alpha value is -1.15. The molecule has 0 aliphatic rings. The van der Waals surface area contributed by atoms with Crippen LogP contribution in [-0.2, 0) is 11.2 Å². The Kier molecular flexibility index (Phi) is 8.69. The van der Waals surface area contributed by atoms with E-state index in [1.54, 1.807) is 0 Å². The molecule has 0 heterocycles. The number of hydrogen-bond acceptors (Lipinski definition) is 2. The van der Waals surface area contributed by atoms with Crippen molar-refractivity contribution in [3.8, 4) is 0 Å². The van der Waals surface area contributed by atoms with E-state index in [2.05, 4.69) is 36.5 Å². The molecular weight excluding hydrogens is 186 g/mol. The molecule has 86 valence electrons. The monoisotopic (exact) mass is 209 g/mol. The van der Waals surface area contributed by atoms with E-state index >= 15 is 0 Å². The molecule has 1 rings (SSSR count). The van der Waals surface area contributed by atoms with Gasteiger partial charge in [0.25, 0.3) is 0 Å². The lowest BCUT2D eigenvalue weighted by Crippen LogP contribution is -2.24. The van der Waals surface area contributed by atoms with Crippen molar-refractivity contribution in [2.24, 2.45) is 0 Å². The predicted octanol–water partition coefficient (Wildman–Crippen LogP) is 2.68. The number of nitrogens with one attached hydrogen (secondary N) is 1. The van der Waals surface area contributed by atoms with Gasteiger partial charge in [0.2, 0.25) is 0 Å². The number of benzene rings is 1. The van der Waals surface area contributed by atoms with Gasteiger partial charge in [0.05, 0.1) is 6.54 Å². The first-order chi connectivity index (χ1) is 7.20. The highest BCUT2D eigenvalue weighted by molar-refractivity contribution is 5.51. The molecule has 0 radical (unpaired) electrons. The van der Waals surface area contributed by atoms with Gasteiger partial charge in [-0.05, 0) is 12.0 Å². The number of rotatable bonds is 4. The van der Waals surface area contributed by atoms with E-state index in [9.17, 15) is 4.79 Å². The molecule has 0 atom stereocenters. The van der Waals surface area contributed by atoms with Crippen LogP contribution < -0.4 is 5.32 Å². The fourth-order valence-electron chi connectivity index (χ4n) is 0.998. The summed E-state index contributed by atoms with van der Waals surface area (Å²) in [6, 6.07) is 10.9. The van der Waals surface area contributed by atoms with Crippen LogP contribution in [0.2, 0.25) is 0 Å². The molecule has 0 spiro atoms. The summed E-state index contributed by atoms with van der Waals surface area (Å²) in [5, 5.41) is 2.93. The van der Waals surface area contributed by atoms with E-state index in [4.69, 9.17) is 0 Å². The van der Waals surface area contributed by atoms with Gasteiger partial charge < -0.3 is 10.1 Å². The number of aldehydes is 1. The maximum absolute atomic E-state index is 9.65. The molecule has 0 fully saturated rings. The summed E-state index contributed by atoms with van der Waals surface area (Å²) in [5.74, 6) is 0. The second-order valence-corrected chi connectivity index (χ2v) is 3.57. The summed E-state index contributed by atoms with van der Waals surface area (Å²) in [6.07, 6.45) is 2.00. The Morgan fingerprint density at radius 3 is 2.20 bits per heavy atom. The summed E-state index contributed by atoms with van der Waals surface area (Å²) in [7, 11) is 0. The highest BCUT2D eigenvalue weighted by Gasteiger charge is 1.85. The number of carbonyl (C=O) groups is 1. The highest BCUT2D eigenvalue weighted by atomic mass is 16.1. The van der Waals surface area contributed by atoms with Crippen LogP contribution in [0.1, 0.15) is 27.8 Å². The third-order valence-electron chi connectivity index (χ3n) is 1.86. The molecule has 0 saturated heterocycles. The molecule has 0 unspecified atom stereocenters. The van der Waals surface area contributed by atoms with Crippen LogP contribution in [0.4, 0.5) is 0 Å². The minimum absolute atomic E-state index is 0. The normalized spacial score (nSPS) is 9.33. The van der Waals surface area contributed by atoms with E-state index in [0.717, 1.165) is 12.7 Å². The Bertz CT molecular complexity index is 249. The Morgan fingerprint density at radius 2 is 1.93 bits per heavy atom. The van der Waals surface area contributed by atoms with Crippen molar-refractivity contribution in [3.05, 3.63) is 35.9 Å². The Balaban J connectivity index is 0. The second-order valence-electron chi connectivity index (χ2n) is 3.57. The summed E-state index contributed by atoms with van der Waals surface area (Å²) < 4.78 is 0. The number of carbonyl (C=O) groups excluding carboxylic acids is 1. The van der Waals surface area contributed by atoms with Crippen LogP contribution in [-0.4, -0.2) is 18.9 Å². The summed E-state index contributed by atoms with van der Waals surface area (Å²) in [6.45, 7) is 6.64. The van der Waals surface area contributed by atoms with Gasteiger partial charge in [-0.3, -0.25) is 0 Å². The van der Waals surface area contributed by atoms with E-state index < -0.39 is 0 Å². The quantitative estimate of drug-likeness (QED) is 0.772. The Labute approximate surface area is 94.2 Å². The molecule has 1 aromatic rings. The first-order valence-electron chi connectivity index (χ1n) is 5.41. The molecule has 0 aromatic heterocycles. The molecule has 0 amide bonds. The Morgan fingerprint density at radius 1 is 1.33 bits per heavy atom. The SMILES string of the molecule is CC(C)NCC=O.CCc1ccccc1.[HH]. The van der Waals surface area contributed by atoms with Crippen molar-refractivity contribution in [1.82, 2.24) is 5.32 Å². The van der Waals surface area contributed by atoms with E-state index in [1.165, 1.54) is 5.56 Å². The van der Waals surface area contributed by atoms with Gasteiger partial charge in [-0.2, -0.15) is 0 Å². The smallest absolute Gasteiger partial charge is 0.133 e. The van der Waals surface area contributed by atoms with Crippen molar-refractivity contribution in [1.29, 1.82) is 0 Å². The van der Waals surface area contributed by atoms with Gasteiger partial charge in [0.1, 0.15) is 6.29 Å². The van der Waals surface area contributed by atoms with E-state index in [-0.39, 0.29) is 1.43 Å². The molecule has 2 nitrogen and oxygen atoms in total. The van der Waals surface area contributed by atoms with Gasteiger partial charge >= 0.3 is 0 Å². The zero-order valence-electron chi connectivity index (χ0n) is 9.86. The van der Waals surface area contributed by atoms with Crippen LogP contribution >= 0.6 is 0 Å². The third-order valence-corrected chi connectivity index (χ3v) is 1.86. The molecule has 1 N–H and O–H groups in total. The summed E-state index contributed by atoms with van der Waals surface area (Å²) >= 11 is 0. The van der Waals surface area contributed by atoms with Crippen molar-refractivity contribution < 1.29 is 6.22 Å². The molecule has 15 heavy (non-hydrogen) atoms. The van der Waals surface area contributed by atoms with Crippen LogP contribution in [0.3, 0.4) is 0 Å². The fourth-order valence-corrected chi connectivity index (χ4v) is 0.998. The molecule has 0 aliphatic carbocycles. The first-order valence-corrected chi connectivity index (χ1v) is 5.41. The van der Waals surface area contributed by atoms with Crippen LogP contribution in [0.25, 0.3) is 0 Å². The molecule has 2 heteroatoms. The minimum Gasteiger partial charge on any atom is -0.308 e. The highest BCUT2D eigenvalue weighted by Crippen LogP contribution is 1.96. The molecule has 0 aliphatic heterocycles. The van der Waals surface area contributed by atoms with Crippen molar-refractivity contribution in [2.75, 3.05) is 6.54 Å². The third kappa shape index (κ3) is 9.16. The zero-order chi connectivity index (χ0) is 11.5. The lowest BCUT2D eigenvalue weighted by atomic mass is 10.2. The lowest BCUT2D eigenvalue weighted by Gasteiger charge is -2.00. The predicted molar refractivity (Wildman–Crippen MR) is 67.1 cm³/mol. The zero-order valence-corrected chi connectivity index (χ0v) is 9.86. The van der Waals surface area contributed by atoms with Crippen LogP contribution in [0, 0.1) is 0 Å². The molecule has 0 saturated carbocycles. The number of hydrogen-bond donors (Lipinski definition) is 1. The van der Waals surface area contributed by atoms with Crippen LogP contribution in [0.15, 0.2) is 30.3 Å². The van der Waals surface area contributed by atoms with E-state index in [0.29, 0.717) is 12.6 Å². The number of aryl methyl sites for hydroxylation is 1. The maximum atomic E-state index is 9.65. The molecular formula is C13H23NO. The van der Waals surface area contributed by atoms with E-state index in [1.807, 2.05) is 19.9 Å². The fraction of sp³-hybridized carbons (Fsp3) is 0.462. The molecule has 0 bridgehead atoms.